The Hall–Kier alpha value is -2.67. The Morgan fingerprint density at radius 1 is 1.03 bits per heavy atom. The molecule has 3 nitrogen and oxygen atoms in total. The lowest BCUT2D eigenvalue weighted by Gasteiger charge is -2.12. The first-order chi connectivity index (χ1) is 14.7. The molecule has 0 fully saturated rings. The van der Waals surface area contributed by atoms with Crippen molar-refractivity contribution in [2.24, 2.45) is 0 Å². The van der Waals surface area contributed by atoms with E-state index in [1.165, 1.54) is 12.1 Å². The van der Waals surface area contributed by atoms with Crippen LogP contribution in [0.5, 0.6) is 0 Å². The van der Waals surface area contributed by atoms with Crippen molar-refractivity contribution >= 4 is 28.6 Å². The number of alkyl halides is 3. The molecule has 7 heteroatoms. The summed E-state index contributed by atoms with van der Waals surface area (Å²) >= 11 is 1.58. The third-order valence-corrected chi connectivity index (χ3v) is 5.80. The van der Waals surface area contributed by atoms with Gasteiger partial charge in [0.05, 0.1) is 5.56 Å². The van der Waals surface area contributed by atoms with Gasteiger partial charge in [0.2, 0.25) is 0 Å². The van der Waals surface area contributed by atoms with E-state index in [0.29, 0.717) is 18.7 Å². The van der Waals surface area contributed by atoms with E-state index in [2.05, 4.69) is 22.8 Å². The van der Waals surface area contributed by atoms with Crippen LogP contribution in [-0.2, 0) is 18.3 Å². The number of hydrogen-bond acceptors (Lipinski definition) is 2. The van der Waals surface area contributed by atoms with E-state index >= 15 is 0 Å². The topological polar surface area (TPSA) is 41.1 Å². The van der Waals surface area contributed by atoms with Gasteiger partial charge in [-0.25, -0.2) is 4.79 Å². The fourth-order valence-electron chi connectivity index (χ4n) is 3.20. The maximum absolute atomic E-state index is 12.7. The molecule has 0 aliphatic carbocycles. The van der Waals surface area contributed by atoms with Crippen LogP contribution in [0.15, 0.2) is 65.6 Å². The van der Waals surface area contributed by atoms with Gasteiger partial charge in [0.25, 0.3) is 0 Å². The molecule has 164 valence electrons. The molecule has 3 aromatic rings. The van der Waals surface area contributed by atoms with Gasteiger partial charge in [-0.15, -0.1) is 11.8 Å². The fourth-order valence-corrected chi connectivity index (χ4v) is 4.10. The van der Waals surface area contributed by atoms with Crippen LogP contribution in [0.2, 0.25) is 0 Å². The van der Waals surface area contributed by atoms with E-state index in [9.17, 15) is 18.0 Å². The number of fused-ring (bicyclic) bond motifs is 1. The molecule has 0 aromatic heterocycles. The van der Waals surface area contributed by atoms with Gasteiger partial charge in [-0.2, -0.15) is 13.2 Å². The molecule has 0 unspecified atom stereocenters. The molecule has 0 bridgehead atoms. The summed E-state index contributed by atoms with van der Waals surface area (Å²) in [5.41, 5.74) is 1.35. The summed E-state index contributed by atoms with van der Waals surface area (Å²) in [5, 5.41) is 7.90. The van der Waals surface area contributed by atoms with Crippen LogP contribution < -0.4 is 10.6 Å². The zero-order chi connectivity index (χ0) is 22.4. The van der Waals surface area contributed by atoms with E-state index in [1.54, 1.807) is 11.8 Å². The molecule has 2 amide bonds. The highest BCUT2D eigenvalue weighted by Crippen LogP contribution is 2.31. The normalized spacial score (nSPS) is 11.7. The third kappa shape index (κ3) is 6.66. The minimum Gasteiger partial charge on any atom is -0.338 e. The Labute approximate surface area is 184 Å². The van der Waals surface area contributed by atoms with Crippen LogP contribution in [0.4, 0.5) is 18.0 Å². The number of rotatable bonds is 7. The van der Waals surface area contributed by atoms with Gasteiger partial charge >= 0.3 is 12.2 Å². The zero-order valence-corrected chi connectivity index (χ0v) is 18.2. The number of carbonyl (C=O) groups excluding carboxylic acids is 1. The summed E-state index contributed by atoms with van der Waals surface area (Å²) in [6.07, 6.45) is -3.61. The second kappa shape index (κ2) is 10.1. The first kappa shape index (κ1) is 23.0. The molecule has 0 saturated heterocycles. The molecule has 0 saturated carbocycles. The Kier molecular flexibility index (Phi) is 7.49. The molecule has 0 spiro atoms. The highest BCUT2D eigenvalue weighted by Gasteiger charge is 2.29. The number of amides is 2. The SMILES string of the molecule is CC(C)NC(=O)NCCc1cccc2ccc(SCc3ccc(C(F)(F)F)cc3)cc12. The minimum atomic E-state index is -4.31. The number of thioether (sulfide) groups is 1. The first-order valence-electron chi connectivity index (χ1n) is 10.1. The first-order valence-corrected chi connectivity index (χ1v) is 11.1. The van der Waals surface area contributed by atoms with E-state index in [1.807, 2.05) is 38.1 Å². The lowest BCUT2D eigenvalue weighted by molar-refractivity contribution is -0.137. The average molecular weight is 447 g/mol. The Morgan fingerprint density at radius 3 is 2.45 bits per heavy atom. The second-order valence-corrected chi connectivity index (χ2v) is 8.64. The lowest BCUT2D eigenvalue weighted by atomic mass is 10.0. The Morgan fingerprint density at radius 2 is 1.77 bits per heavy atom. The van der Waals surface area contributed by atoms with Gasteiger partial charge in [-0.1, -0.05) is 36.4 Å². The van der Waals surface area contributed by atoms with Gasteiger partial charge in [0.1, 0.15) is 0 Å². The molecule has 31 heavy (non-hydrogen) atoms. The van der Waals surface area contributed by atoms with Crippen molar-refractivity contribution < 1.29 is 18.0 Å². The van der Waals surface area contributed by atoms with Gasteiger partial charge < -0.3 is 10.6 Å². The van der Waals surface area contributed by atoms with Crippen molar-refractivity contribution in [1.82, 2.24) is 10.6 Å². The highest BCUT2D eigenvalue weighted by molar-refractivity contribution is 7.98. The average Bonchev–Trinajstić information content (AvgIpc) is 2.71. The number of urea groups is 1. The van der Waals surface area contributed by atoms with Crippen molar-refractivity contribution in [3.63, 3.8) is 0 Å². The summed E-state index contributed by atoms with van der Waals surface area (Å²) in [5.74, 6) is 0.586. The molecular formula is C24H25F3N2OS. The van der Waals surface area contributed by atoms with E-state index in [-0.39, 0.29) is 12.1 Å². The van der Waals surface area contributed by atoms with Gasteiger partial charge in [-0.3, -0.25) is 0 Å². The van der Waals surface area contributed by atoms with Crippen molar-refractivity contribution in [1.29, 1.82) is 0 Å². The summed E-state index contributed by atoms with van der Waals surface area (Å²) in [7, 11) is 0. The van der Waals surface area contributed by atoms with Crippen molar-refractivity contribution in [2.45, 2.75) is 43.1 Å². The minimum absolute atomic E-state index is 0.0850. The molecule has 0 heterocycles. The Balaban J connectivity index is 1.66. The number of nitrogens with one attached hydrogen (secondary N) is 2. The number of hydrogen-bond donors (Lipinski definition) is 2. The smallest absolute Gasteiger partial charge is 0.338 e. The Bertz CT molecular complexity index is 1030. The third-order valence-electron chi connectivity index (χ3n) is 4.73. The van der Waals surface area contributed by atoms with Crippen LogP contribution in [0.25, 0.3) is 10.8 Å². The molecule has 0 radical (unpaired) electrons. The summed E-state index contributed by atoms with van der Waals surface area (Å²) in [6, 6.07) is 17.5. The molecule has 3 aromatic carbocycles. The lowest BCUT2D eigenvalue weighted by Crippen LogP contribution is -2.40. The largest absolute Gasteiger partial charge is 0.416 e. The predicted molar refractivity (Wildman–Crippen MR) is 120 cm³/mol. The number of carbonyl (C=O) groups is 1. The summed E-state index contributed by atoms with van der Waals surface area (Å²) in [4.78, 5) is 12.8. The van der Waals surface area contributed by atoms with Gasteiger partial charge in [-0.05, 0) is 66.4 Å². The fraction of sp³-hybridized carbons (Fsp3) is 0.292. The van der Waals surface area contributed by atoms with E-state index in [0.717, 1.165) is 38.9 Å². The standard InChI is InChI=1S/C24H25F3N2OS/c1-16(2)29-23(30)28-13-12-19-5-3-4-18-8-11-21(14-22(18)19)31-15-17-6-9-20(10-7-17)24(25,26)27/h3-11,14,16H,12-13,15H2,1-2H3,(H2,28,29,30). The van der Waals surface area contributed by atoms with Crippen molar-refractivity contribution in [3.05, 3.63) is 77.4 Å². The van der Waals surface area contributed by atoms with Crippen molar-refractivity contribution in [3.8, 4) is 0 Å². The zero-order valence-electron chi connectivity index (χ0n) is 17.4. The maximum Gasteiger partial charge on any atom is 0.416 e. The molecular weight excluding hydrogens is 421 g/mol. The quantitative estimate of drug-likeness (QED) is 0.412. The summed E-state index contributed by atoms with van der Waals surface area (Å²) in [6.45, 7) is 4.35. The van der Waals surface area contributed by atoms with Crippen LogP contribution in [0, 0.1) is 0 Å². The molecule has 3 rings (SSSR count). The number of halogens is 3. The molecule has 2 N–H and O–H groups in total. The maximum atomic E-state index is 12.7. The van der Waals surface area contributed by atoms with Crippen molar-refractivity contribution in [2.75, 3.05) is 6.54 Å². The van der Waals surface area contributed by atoms with E-state index < -0.39 is 11.7 Å². The van der Waals surface area contributed by atoms with Crippen LogP contribution in [-0.4, -0.2) is 18.6 Å². The highest BCUT2D eigenvalue weighted by atomic mass is 32.2. The monoisotopic (exact) mass is 446 g/mol. The predicted octanol–water partition coefficient (Wildman–Crippen LogP) is 6.40. The molecule has 0 atom stereocenters. The van der Waals surface area contributed by atoms with Crippen LogP contribution >= 0.6 is 11.8 Å². The van der Waals surface area contributed by atoms with Gasteiger partial charge in [0.15, 0.2) is 0 Å². The number of benzene rings is 3. The van der Waals surface area contributed by atoms with E-state index in [4.69, 9.17) is 0 Å². The molecule has 0 aliphatic rings. The van der Waals surface area contributed by atoms with Crippen LogP contribution in [0.3, 0.4) is 0 Å². The van der Waals surface area contributed by atoms with Crippen LogP contribution in [0.1, 0.15) is 30.5 Å². The van der Waals surface area contributed by atoms with Gasteiger partial charge in [0, 0.05) is 23.2 Å². The second-order valence-electron chi connectivity index (χ2n) is 7.59. The molecule has 0 aliphatic heterocycles. The summed E-state index contributed by atoms with van der Waals surface area (Å²) < 4.78 is 38.1.